The van der Waals surface area contributed by atoms with E-state index in [0.29, 0.717) is 29.7 Å². The number of aromatic nitrogens is 2. The van der Waals surface area contributed by atoms with Gasteiger partial charge >= 0.3 is 0 Å². The van der Waals surface area contributed by atoms with Gasteiger partial charge in [-0.3, -0.25) is 4.79 Å². The van der Waals surface area contributed by atoms with Crippen molar-refractivity contribution in [3.8, 4) is 5.88 Å². The predicted octanol–water partition coefficient (Wildman–Crippen LogP) is 2.71. The van der Waals surface area contributed by atoms with Gasteiger partial charge in [-0.15, -0.1) is 0 Å². The molecule has 5 nitrogen and oxygen atoms in total. The van der Waals surface area contributed by atoms with Crippen LogP contribution in [0.4, 0.5) is 0 Å². The molecule has 1 aromatic rings. The molecule has 4 rings (SSSR count). The summed E-state index contributed by atoms with van der Waals surface area (Å²) in [4.78, 5) is 14.9. The van der Waals surface area contributed by atoms with Gasteiger partial charge in [-0.25, -0.2) is 4.68 Å². The van der Waals surface area contributed by atoms with Crippen LogP contribution in [0.1, 0.15) is 56.4 Å². The van der Waals surface area contributed by atoms with Crippen LogP contribution in [-0.2, 0) is 6.54 Å². The molecule has 1 unspecified atom stereocenters. The number of carbonyl (C=O) groups excluding carboxylic acids is 1. The van der Waals surface area contributed by atoms with Crippen molar-refractivity contribution < 1.29 is 9.53 Å². The highest BCUT2D eigenvalue weighted by Crippen LogP contribution is 2.51. The van der Waals surface area contributed by atoms with Gasteiger partial charge in [0.05, 0.1) is 6.54 Å². The zero-order chi connectivity index (χ0) is 15.3. The molecule has 0 aromatic carbocycles. The van der Waals surface area contributed by atoms with Gasteiger partial charge in [0.25, 0.3) is 5.91 Å². The largest absolute Gasteiger partial charge is 0.476 e. The molecule has 1 saturated carbocycles. The van der Waals surface area contributed by atoms with Crippen LogP contribution in [0.2, 0.25) is 0 Å². The molecule has 3 aliphatic rings. The number of rotatable bonds is 2. The summed E-state index contributed by atoms with van der Waals surface area (Å²) in [6.45, 7) is 6.82. The Morgan fingerprint density at radius 2 is 2.14 bits per heavy atom. The number of hydrogen-bond acceptors (Lipinski definition) is 3. The number of amides is 1. The van der Waals surface area contributed by atoms with E-state index in [1.807, 2.05) is 0 Å². The molecule has 2 aliphatic heterocycles. The molecule has 0 radical (unpaired) electrons. The van der Waals surface area contributed by atoms with Gasteiger partial charge in [0, 0.05) is 24.1 Å². The summed E-state index contributed by atoms with van der Waals surface area (Å²) < 4.78 is 7.27. The average molecular weight is 303 g/mol. The van der Waals surface area contributed by atoms with Gasteiger partial charge in [0.1, 0.15) is 6.61 Å². The van der Waals surface area contributed by atoms with E-state index in [-0.39, 0.29) is 5.91 Å². The second-order valence-electron chi connectivity index (χ2n) is 7.48. The molecule has 1 saturated heterocycles. The van der Waals surface area contributed by atoms with Crippen LogP contribution in [0.15, 0.2) is 6.07 Å². The third kappa shape index (κ3) is 1.97. The first-order valence-corrected chi connectivity index (χ1v) is 8.62. The summed E-state index contributed by atoms with van der Waals surface area (Å²) in [6.07, 6.45) is 6.55. The lowest BCUT2D eigenvalue weighted by atomic mass is 9.60. The topological polar surface area (TPSA) is 47.4 Å². The van der Waals surface area contributed by atoms with E-state index in [1.165, 1.54) is 32.1 Å². The van der Waals surface area contributed by atoms with Gasteiger partial charge in [0.2, 0.25) is 5.88 Å². The molecule has 2 fully saturated rings. The molecule has 22 heavy (non-hydrogen) atoms. The van der Waals surface area contributed by atoms with Gasteiger partial charge in [0.15, 0.2) is 5.69 Å². The Kier molecular flexibility index (Phi) is 3.20. The van der Waals surface area contributed by atoms with Crippen molar-refractivity contribution in [3.63, 3.8) is 0 Å². The van der Waals surface area contributed by atoms with Crippen molar-refractivity contribution in [1.29, 1.82) is 0 Å². The Bertz CT molecular complexity index is 565. The zero-order valence-corrected chi connectivity index (χ0v) is 13.5. The molecule has 0 bridgehead atoms. The van der Waals surface area contributed by atoms with Crippen LogP contribution in [-0.4, -0.2) is 39.8 Å². The molecule has 1 spiro atoms. The second kappa shape index (κ2) is 5.00. The van der Waals surface area contributed by atoms with Crippen LogP contribution in [0, 0.1) is 11.3 Å². The Balaban J connectivity index is 1.55. The normalized spacial score (nSPS) is 26.0. The van der Waals surface area contributed by atoms with E-state index in [2.05, 4.69) is 23.8 Å². The van der Waals surface area contributed by atoms with E-state index in [4.69, 9.17) is 4.74 Å². The number of likely N-dealkylation sites (tertiary alicyclic amines) is 1. The Morgan fingerprint density at radius 3 is 2.82 bits per heavy atom. The van der Waals surface area contributed by atoms with Crippen LogP contribution < -0.4 is 4.74 Å². The van der Waals surface area contributed by atoms with Gasteiger partial charge in [-0.05, 0) is 18.8 Å². The minimum atomic E-state index is 0.0837. The first-order chi connectivity index (χ1) is 10.6. The van der Waals surface area contributed by atoms with Crippen LogP contribution in [0.25, 0.3) is 0 Å². The molecule has 120 valence electrons. The van der Waals surface area contributed by atoms with Crippen molar-refractivity contribution >= 4 is 5.91 Å². The Labute approximate surface area is 131 Å². The highest BCUT2D eigenvalue weighted by atomic mass is 16.5. The molecular formula is C17H25N3O2. The predicted molar refractivity (Wildman–Crippen MR) is 82.9 cm³/mol. The van der Waals surface area contributed by atoms with Crippen molar-refractivity contribution in [3.05, 3.63) is 11.8 Å². The number of carbonyl (C=O) groups is 1. The maximum Gasteiger partial charge on any atom is 0.274 e. The molecule has 5 heteroatoms. The molecule has 1 aromatic heterocycles. The molecule has 3 heterocycles. The standard InChI is InChI=1S/C17H25N3O2/c1-12(2)15-17(6-4-3-5-7-17)11-19(15)16(21)13-10-14-20(18-13)8-9-22-14/h10,12,15H,3-9,11H2,1-2H3. The van der Waals surface area contributed by atoms with Crippen LogP contribution in [0.3, 0.4) is 0 Å². The Morgan fingerprint density at radius 1 is 1.36 bits per heavy atom. The molecule has 1 amide bonds. The van der Waals surface area contributed by atoms with E-state index < -0.39 is 0 Å². The average Bonchev–Trinajstić information content (AvgIpc) is 3.05. The highest BCUT2D eigenvalue weighted by molar-refractivity contribution is 5.93. The van der Waals surface area contributed by atoms with Gasteiger partial charge < -0.3 is 9.64 Å². The fourth-order valence-electron chi connectivity index (χ4n) is 4.89. The van der Waals surface area contributed by atoms with E-state index in [1.54, 1.807) is 10.7 Å². The van der Waals surface area contributed by atoms with Gasteiger partial charge in [-0.1, -0.05) is 33.1 Å². The lowest BCUT2D eigenvalue weighted by molar-refractivity contribution is -0.0945. The monoisotopic (exact) mass is 303 g/mol. The van der Waals surface area contributed by atoms with Crippen molar-refractivity contribution in [2.45, 2.75) is 58.5 Å². The van der Waals surface area contributed by atoms with E-state index in [9.17, 15) is 4.79 Å². The number of hydrogen-bond donors (Lipinski definition) is 0. The summed E-state index contributed by atoms with van der Waals surface area (Å²) in [5.41, 5.74) is 0.923. The summed E-state index contributed by atoms with van der Waals surface area (Å²) in [7, 11) is 0. The lowest BCUT2D eigenvalue weighted by Gasteiger charge is -2.61. The van der Waals surface area contributed by atoms with E-state index >= 15 is 0 Å². The summed E-state index contributed by atoms with van der Waals surface area (Å²) in [5.74, 6) is 1.32. The third-order valence-electron chi connectivity index (χ3n) is 5.71. The first-order valence-electron chi connectivity index (χ1n) is 8.62. The highest BCUT2D eigenvalue weighted by Gasteiger charge is 2.55. The lowest BCUT2D eigenvalue weighted by Crippen LogP contribution is -2.68. The fraction of sp³-hybridized carbons (Fsp3) is 0.765. The number of nitrogens with zero attached hydrogens (tertiary/aromatic N) is 3. The molecule has 1 aliphatic carbocycles. The molecular weight excluding hydrogens is 278 g/mol. The minimum Gasteiger partial charge on any atom is -0.476 e. The minimum absolute atomic E-state index is 0.0837. The van der Waals surface area contributed by atoms with Crippen molar-refractivity contribution in [1.82, 2.24) is 14.7 Å². The number of ether oxygens (including phenoxy) is 1. The molecule has 0 N–H and O–H groups in total. The summed E-state index contributed by atoms with van der Waals surface area (Å²) in [5, 5.41) is 4.42. The summed E-state index contributed by atoms with van der Waals surface area (Å²) in [6, 6.07) is 2.18. The van der Waals surface area contributed by atoms with E-state index in [0.717, 1.165) is 19.0 Å². The van der Waals surface area contributed by atoms with Crippen molar-refractivity contribution in [2.24, 2.45) is 11.3 Å². The van der Waals surface area contributed by atoms with Gasteiger partial charge in [-0.2, -0.15) is 5.10 Å². The second-order valence-corrected chi connectivity index (χ2v) is 7.48. The zero-order valence-electron chi connectivity index (χ0n) is 13.5. The number of fused-ring (bicyclic) bond motifs is 1. The summed E-state index contributed by atoms with van der Waals surface area (Å²) >= 11 is 0. The molecule has 1 atom stereocenters. The smallest absolute Gasteiger partial charge is 0.274 e. The van der Waals surface area contributed by atoms with Crippen molar-refractivity contribution in [2.75, 3.05) is 13.2 Å². The fourth-order valence-corrected chi connectivity index (χ4v) is 4.89. The maximum atomic E-state index is 12.9. The maximum absolute atomic E-state index is 12.9. The Hall–Kier alpha value is -1.52. The van der Waals surface area contributed by atoms with Crippen LogP contribution >= 0.6 is 0 Å². The van der Waals surface area contributed by atoms with Crippen LogP contribution in [0.5, 0.6) is 5.88 Å². The first kappa shape index (κ1) is 14.1. The quantitative estimate of drug-likeness (QED) is 0.844. The SMILES string of the molecule is CC(C)C1N(C(=O)c2cc3n(n2)CCO3)CC12CCCCC2. The third-order valence-corrected chi connectivity index (χ3v) is 5.71.